The second kappa shape index (κ2) is 4.82. The van der Waals surface area contributed by atoms with Crippen LogP contribution in [0.25, 0.3) is 0 Å². The van der Waals surface area contributed by atoms with Crippen molar-refractivity contribution in [2.45, 2.75) is 6.92 Å². The van der Waals surface area contributed by atoms with Crippen molar-refractivity contribution < 1.29 is 4.39 Å². The third-order valence-electron chi connectivity index (χ3n) is 2.50. The van der Waals surface area contributed by atoms with Gasteiger partial charge in [-0.1, -0.05) is 12.1 Å². The maximum absolute atomic E-state index is 13.8. The number of pyridine rings is 1. The number of hydrogen-bond donors (Lipinski definition) is 2. The molecule has 0 radical (unpaired) electrons. The first-order valence-corrected chi connectivity index (χ1v) is 5.35. The van der Waals surface area contributed by atoms with Crippen LogP contribution in [0.4, 0.5) is 21.5 Å². The Balaban J connectivity index is 2.28. The normalized spacial score (nSPS) is 10.1. The third-order valence-corrected chi connectivity index (χ3v) is 2.50. The van der Waals surface area contributed by atoms with E-state index in [4.69, 9.17) is 0 Å². The van der Waals surface area contributed by atoms with E-state index in [1.807, 2.05) is 19.2 Å². The van der Waals surface area contributed by atoms with Gasteiger partial charge in [0.15, 0.2) is 0 Å². The highest BCUT2D eigenvalue weighted by Gasteiger charge is 2.05. The smallest absolute Gasteiger partial charge is 0.149 e. The van der Waals surface area contributed by atoms with Gasteiger partial charge in [0.25, 0.3) is 0 Å². The summed E-state index contributed by atoms with van der Waals surface area (Å²) in [5.41, 5.74) is 2.71. The average Bonchev–Trinajstić information content (AvgIpc) is 2.35. The zero-order chi connectivity index (χ0) is 12.3. The number of benzene rings is 1. The van der Waals surface area contributed by atoms with Gasteiger partial charge in [-0.25, -0.2) is 4.39 Å². The molecule has 2 rings (SSSR count). The Kier molecular flexibility index (Phi) is 3.23. The van der Waals surface area contributed by atoms with Crippen molar-refractivity contribution in [3.8, 4) is 0 Å². The Bertz CT molecular complexity index is 526. The molecule has 0 atom stereocenters. The Morgan fingerprint density at radius 1 is 1.18 bits per heavy atom. The summed E-state index contributed by atoms with van der Waals surface area (Å²) in [6.07, 6.45) is 3.36. The van der Waals surface area contributed by atoms with E-state index in [-0.39, 0.29) is 5.82 Å². The van der Waals surface area contributed by atoms with Gasteiger partial charge in [0.1, 0.15) is 5.82 Å². The lowest BCUT2D eigenvalue weighted by atomic mass is 10.2. The summed E-state index contributed by atoms with van der Waals surface area (Å²) in [5.74, 6) is -0.234. The molecule has 0 saturated heterocycles. The standard InChI is InChI=1S/C13H14FN3/c1-9-4-3-5-12(13(9)14)17-11-6-10(15-2)7-16-8-11/h3-8,15,17H,1-2H3. The minimum absolute atomic E-state index is 0.234. The molecular formula is C13H14FN3. The highest BCUT2D eigenvalue weighted by Crippen LogP contribution is 2.22. The van der Waals surface area contributed by atoms with E-state index in [2.05, 4.69) is 15.6 Å². The summed E-state index contributed by atoms with van der Waals surface area (Å²) in [6, 6.07) is 7.13. The molecule has 0 bridgehead atoms. The summed E-state index contributed by atoms with van der Waals surface area (Å²) in [4.78, 5) is 4.06. The molecule has 0 aliphatic heterocycles. The summed E-state index contributed by atoms with van der Waals surface area (Å²) in [6.45, 7) is 1.74. The lowest BCUT2D eigenvalue weighted by molar-refractivity contribution is 0.622. The topological polar surface area (TPSA) is 37.0 Å². The van der Waals surface area contributed by atoms with Crippen LogP contribution in [0.3, 0.4) is 0 Å². The lowest BCUT2D eigenvalue weighted by Crippen LogP contribution is -1.97. The molecule has 88 valence electrons. The first kappa shape index (κ1) is 11.4. The molecule has 0 fully saturated rings. The van der Waals surface area contributed by atoms with Crippen LogP contribution in [0.2, 0.25) is 0 Å². The van der Waals surface area contributed by atoms with Gasteiger partial charge in [0.2, 0.25) is 0 Å². The van der Waals surface area contributed by atoms with Crippen molar-refractivity contribution >= 4 is 17.1 Å². The van der Waals surface area contributed by atoms with E-state index in [1.165, 1.54) is 0 Å². The largest absolute Gasteiger partial charge is 0.387 e. The van der Waals surface area contributed by atoms with E-state index in [1.54, 1.807) is 31.5 Å². The monoisotopic (exact) mass is 231 g/mol. The van der Waals surface area contributed by atoms with Crippen LogP contribution < -0.4 is 10.6 Å². The van der Waals surface area contributed by atoms with Gasteiger partial charge in [0, 0.05) is 7.05 Å². The summed E-state index contributed by atoms with van der Waals surface area (Å²) in [5, 5.41) is 5.99. The predicted octanol–water partition coefficient (Wildman–Crippen LogP) is 3.31. The molecule has 1 aromatic carbocycles. The quantitative estimate of drug-likeness (QED) is 0.850. The summed E-state index contributed by atoms with van der Waals surface area (Å²) < 4.78 is 13.8. The molecule has 0 unspecified atom stereocenters. The fourth-order valence-corrected chi connectivity index (χ4v) is 1.54. The van der Waals surface area contributed by atoms with Gasteiger partial charge in [-0.05, 0) is 24.6 Å². The second-order valence-corrected chi connectivity index (χ2v) is 3.77. The molecule has 0 saturated carbocycles. The first-order valence-electron chi connectivity index (χ1n) is 5.35. The number of nitrogens with zero attached hydrogens (tertiary/aromatic N) is 1. The minimum Gasteiger partial charge on any atom is -0.387 e. The molecule has 0 aliphatic carbocycles. The number of nitrogens with one attached hydrogen (secondary N) is 2. The maximum Gasteiger partial charge on any atom is 0.149 e. The first-order chi connectivity index (χ1) is 8.20. The number of aryl methyl sites for hydroxylation is 1. The molecule has 17 heavy (non-hydrogen) atoms. The Hall–Kier alpha value is -2.10. The molecule has 2 aromatic rings. The minimum atomic E-state index is -0.234. The van der Waals surface area contributed by atoms with Crippen LogP contribution in [0, 0.1) is 12.7 Å². The van der Waals surface area contributed by atoms with E-state index in [0.29, 0.717) is 11.3 Å². The third kappa shape index (κ3) is 2.53. The van der Waals surface area contributed by atoms with E-state index >= 15 is 0 Å². The van der Waals surface area contributed by atoms with Crippen molar-refractivity contribution in [2.75, 3.05) is 17.7 Å². The lowest BCUT2D eigenvalue weighted by Gasteiger charge is -2.09. The van der Waals surface area contributed by atoms with Gasteiger partial charge >= 0.3 is 0 Å². The molecule has 4 heteroatoms. The number of aromatic nitrogens is 1. The van der Waals surface area contributed by atoms with Gasteiger partial charge in [-0.2, -0.15) is 0 Å². The summed E-state index contributed by atoms with van der Waals surface area (Å²) in [7, 11) is 1.81. The maximum atomic E-state index is 13.8. The van der Waals surface area contributed by atoms with E-state index in [9.17, 15) is 4.39 Å². The van der Waals surface area contributed by atoms with E-state index in [0.717, 1.165) is 11.4 Å². The van der Waals surface area contributed by atoms with E-state index < -0.39 is 0 Å². The molecule has 1 aromatic heterocycles. The van der Waals surface area contributed by atoms with Gasteiger partial charge in [-0.3, -0.25) is 4.98 Å². The number of halogens is 1. The fraction of sp³-hybridized carbons (Fsp3) is 0.154. The van der Waals surface area contributed by atoms with Crippen molar-refractivity contribution in [2.24, 2.45) is 0 Å². The van der Waals surface area contributed by atoms with Gasteiger partial charge in [-0.15, -0.1) is 0 Å². The SMILES string of the molecule is CNc1cncc(Nc2cccc(C)c2F)c1. The van der Waals surface area contributed by atoms with Crippen LogP contribution in [0.15, 0.2) is 36.7 Å². The Morgan fingerprint density at radius 2 is 1.94 bits per heavy atom. The van der Waals surface area contributed by atoms with Crippen LogP contribution in [0.5, 0.6) is 0 Å². The van der Waals surface area contributed by atoms with Crippen LogP contribution in [-0.4, -0.2) is 12.0 Å². The molecular weight excluding hydrogens is 217 g/mol. The molecule has 1 heterocycles. The van der Waals surface area contributed by atoms with Crippen LogP contribution in [-0.2, 0) is 0 Å². The molecule has 0 spiro atoms. The Labute approximate surface area is 99.7 Å². The average molecular weight is 231 g/mol. The molecule has 0 aliphatic rings. The molecule has 3 nitrogen and oxygen atoms in total. The summed E-state index contributed by atoms with van der Waals surface area (Å²) >= 11 is 0. The Morgan fingerprint density at radius 3 is 2.71 bits per heavy atom. The van der Waals surface area contributed by atoms with Crippen molar-refractivity contribution in [3.63, 3.8) is 0 Å². The highest BCUT2D eigenvalue weighted by molar-refractivity contribution is 5.63. The molecule has 2 N–H and O–H groups in total. The van der Waals surface area contributed by atoms with Gasteiger partial charge in [0.05, 0.1) is 29.5 Å². The zero-order valence-corrected chi connectivity index (χ0v) is 9.79. The number of hydrogen-bond acceptors (Lipinski definition) is 3. The highest BCUT2D eigenvalue weighted by atomic mass is 19.1. The second-order valence-electron chi connectivity index (χ2n) is 3.77. The molecule has 0 amide bonds. The van der Waals surface area contributed by atoms with Crippen molar-refractivity contribution in [1.82, 2.24) is 4.98 Å². The van der Waals surface area contributed by atoms with Crippen LogP contribution in [0.1, 0.15) is 5.56 Å². The number of rotatable bonds is 3. The predicted molar refractivity (Wildman–Crippen MR) is 68.2 cm³/mol. The fourth-order valence-electron chi connectivity index (χ4n) is 1.54. The van der Waals surface area contributed by atoms with Crippen molar-refractivity contribution in [1.29, 1.82) is 0 Å². The number of anilines is 3. The zero-order valence-electron chi connectivity index (χ0n) is 9.79. The van der Waals surface area contributed by atoms with Crippen LogP contribution >= 0.6 is 0 Å². The van der Waals surface area contributed by atoms with Gasteiger partial charge < -0.3 is 10.6 Å². The van der Waals surface area contributed by atoms with Crippen molar-refractivity contribution in [3.05, 3.63) is 48.0 Å².